The molecule has 0 aromatic heterocycles. The predicted octanol–water partition coefficient (Wildman–Crippen LogP) is 2.52. The molecule has 1 aromatic rings. The second-order valence-corrected chi connectivity index (χ2v) is 4.81. The van der Waals surface area contributed by atoms with Crippen LogP contribution in [0.25, 0.3) is 0 Å². The number of nitro groups is 1. The van der Waals surface area contributed by atoms with Crippen molar-refractivity contribution in [2.75, 3.05) is 25.1 Å². The molecule has 21 heavy (non-hydrogen) atoms. The molecule has 0 aliphatic rings. The second-order valence-electron chi connectivity index (χ2n) is 4.81. The van der Waals surface area contributed by atoms with Crippen LogP contribution >= 0.6 is 0 Å². The van der Waals surface area contributed by atoms with E-state index in [4.69, 9.17) is 9.84 Å². The fraction of sp³-hybridized carbons (Fsp3) is 0.462. The average Bonchev–Trinajstić information content (AvgIpc) is 2.37. The molecule has 116 valence electrons. The van der Waals surface area contributed by atoms with E-state index in [2.05, 4.69) is 5.32 Å². The SMILES string of the molecule is CC(C)COCCNc1cc(F)c(C(=O)O)cc1[N+](=O)[O-]. The van der Waals surface area contributed by atoms with Gasteiger partial charge in [0.1, 0.15) is 17.1 Å². The molecule has 2 N–H and O–H groups in total. The minimum absolute atomic E-state index is 0.0735. The first-order chi connectivity index (χ1) is 9.82. The summed E-state index contributed by atoms with van der Waals surface area (Å²) >= 11 is 0. The summed E-state index contributed by atoms with van der Waals surface area (Å²) in [7, 11) is 0. The molecule has 0 aliphatic carbocycles. The number of ether oxygens (including phenoxy) is 1. The highest BCUT2D eigenvalue weighted by molar-refractivity contribution is 5.90. The first-order valence-corrected chi connectivity index (χ1v) is 6.35. The zero-order valence-electron chi connectivity index (χ0n) is 11.8. The van der Waals surface area contributed by atoms with Crippen molar-refractivity contribution in [1.82, 2.24) is 0 Å². The summed E-state index contributed by atoms with van der Waals surface area (Å²) in [5, 5.41) is 22.3. The Hall–Kier alpha value is -2.22. The van der Waals surface area contributed by atoms with E-state index < -0.39 is 28.0 Å². The molecule has 0 amide bonds. The lowest BCUT2D eigenvalue weighted by Crippen LogP contribution is -2.14. The number of hydrogen-bond donors (Lipinski definition) is 2. The Morgan fingerprint density at radius 1 is 1.52 bits per heavy atom. The van der Waals surface area contributed by atoms with Crippen molar-refractivity contribution in [1.29, 1.82) is 0 Å². The average molecular weight is 300 g/mol. The normalized spacial score (nSPS) is 10.7. The number of nitrogens with one attached hydrogen (secondary N) is 1. The van der Waals surface area contributed by atoms with E-state index in [1.54, 1.807) is 0 Å². The lowest BCUT2D eigenvalue weighted by Gasteiger charge is -2.10. The van der Waals surface area contributed by atoms with Gasteiger partial charge in [0.25, 0.3) is 5.69 Å². The van der Waals surface area contributed by atoms with Crippen molar-refractivity contribution in [3.63, 3.8) is 0 Å². The first-order valence-electron chi connectivity index (χ1n) is 6.35. The van der Waals surface area contributed by atoms with Gasteiger partial charge in [-0.05, 0) is 5.92 Å². The highest BCUT2D eigenvalue weighted by atomic mass is 19.1. The smallest absolute Gasteiger partial charge is 0.338 e. The molecule has 0 radical (unpaired) electrons. The van der Waals surface area contributed by atoms with Crippen molar-refractivity contribution < 1.29 is 24.0 Å². The van der Waals surface area contributed by atoms with Crippen molar-refractivity contribution in [3.8, 4) is 0 Å². The Morgan fingerprint density at radius 2 is 2.19 bits per heavy atom. The summed E-state index contributed by atoms with van der Waals surface area (Å²) in [6.07, 6.45) is 0. The van der Waals surface area contributed by atoms with Gasteiger partial charge in [0.05, 0.1) is 11.5 Å². The van der Waals surface area contributed by atoms with Gasteiger partial charge in [-0.25, -0.2) is 9.18 Å². The van der Waals surface area contributed by atoms with Crippen LogP contribution in [0.3, 0.4) is 0 Å². The van der Waals surface area contributed by atoms with Crippen molar-refractivity contribution in [2.24, 2.45) is 5.92 Å². The van der Waals surface area contributed by atoms with E-state index in [1.807, 2.05) is 13.8 Å². The van der Waals surface area contributed by atoms with Crippen molar-refractivity contribution >= 4 is 17.3 Å². The van der Waals surface area contributed by atoms with Crippen LogP contribution in [0, 0.1) is 21.8 Å². The van der Waals surface area contributed by atoms with Gasteiger partial charge in [0, 0.05) is 25.3 Å². The van der Waals surface area contributed by atoms with Crippen LogP contribution in [-0.4, -0.2) is 35.8 Å². The maximum absolute atomic E-state index is 13.6. The third-order valence-electron chi connectivity index (χ3n) is 2.53. The Morgan fingerprint density at radius 3 is 2.71 bits per heavy atom. The number of anilines is 1. The van der Waals surface area contributed by atoms with E-state index in [1.165, 1.54) is 0 Å². The molecule has 8 heteroatoms. The number of hydrogen-bond acceptors (Lipinski definition) is 5. The summed E-state index contributed by atoms with van der Waals surface area (Å²) in [5.41, 5.74) is -1.29. The van der Waals surface area contributed by atoms with Gasteiger partial charge in [0.15, 0.2) is 0 Å². The Labute approximate surface area is 120 Å². The van der Waals surface area contributed by atoms with Gasteiger partial charge < -0.3 is 15.2 Å². The van der Waals surface area contributed by atoms with Gasteiger partial charge in [0.2, 0.25) is 0 Å². The molecule has 0 aliphatic heterocycles. The first kappa shape index (κ1) is 16.8. The second kappa shape index (κ2) is 7.53. The van der Waals surface area contributed by atoms with Crippen molar-refractivity contribution in [2.45, 2.75) is 13.8 Å². The molecule has 0 spiro atoms. The third-order valence-corrected chi connectivity index (χ3v) is 2.53. The van der Waals surface area contributed by atoms with Gasteiger partial charge in [-0.3, -0.25) is 10.1 Å². The maximum Gasteiger partial charge on any atom is 0.338 e. The largest absolute Gasteiger partial charge is 0.478 e. The van der Waals surface area contributed by atoms with Crippen LogP contribution in [0.4, 0.5) is 15.8 Å². The molecular weight excluding hydrogens is 283 g/mol. The summed E-state index contributed by atoms with van der Waals surface area (Å²) < 4.78 is 18.8. The minimum atomic E-state index is -1.55. The van der Waals surface area contributed by atoms with E-state index in [0.717, 1.165) is 6.07 Å². The standard InChI is InChI=1S/C13H17FN2O5/c1-8(2)7-21-4-3-15-11-6-10(14)9(13(17)18)5-12(11)16(19)20/h5-6,8,15H,3-4,7H2,1-2H3,(H,17,18). The highest BCUT2D eigenvalue weighted by Gasteiger charge is 2.21. The topological polar surface area (TPSA) is 102 Å². The lowest BCUT2D eigenvalue weighted by molar-refractivity contribution is -0.384. The number of benzene rings is 1. The van der Waals surface area contributed by atoms with Gasteiger partial charge in [-0.15, -0.1) is 0 Å². The van der Waals surface area contributed by atoms with Gasteiger partial charge in [-0.2, -0.15) is 0 Å². The molecule has 0 bridgehead atoms. The number of carboxylic acid groups (broad SMARTS) is 1. The number of nitro benzene ring substituents is 1. The van der Waals surface area contributed by atoms with Crippen LogP contribution < -0.4 is 5.32 Å². The molecule has 0 saturated heterocycles. The summed E-state index contributed by atoms with van der Waals surface area (Å²) in [6.45, 7) is 5.07. The molecule has 1 rings (SSSR count). The third kappa shape index (κ3) is 4.99. The highest BCUT2D eigenvalue weighted by Crippen LogP contribution is 2.27. The Balaban J connectivity index is 2.79. The predicted molar refractivity (Wildman–Crippen MR) is 74.2 cm³/mol. The molecular formula is C13H17FN2O5. The fourth-order valence-electron chi connectivity index (χ4n) is 1.60. The molecule has 0 atom stereocenters. The number of aromatic carboxylic acids is 1. The molecule has 1 aromatic carbocycles. The number of nitrogens with zero attached hydrogens (tertiary/aromatic N) is 1. The Kier molecular flexibility index (Phi) is 6.04. The fourth-order valence-corrected chi connectivity index (χ4v) is 1.60. The number of carbonyl (C=O) groups is 1. The molecule has 0 fully saturated rings. The zero-order valence-corrected chi connectivity index (χ0v) is 11.8. The molecule has 0 unspecified atom stereocenters. The number of carboxylic acids is 1. The van der Waals surface area contributed by atoms with Crippen LogP contribution in [0.15, 0.2) is 12.1 Å². The monoisotopic (exact) mass is 300 g/mol. The van der Waals surface area contributed by atoms with Crippen LogP contribution in [0.1, 0.15) is 24.2 Å². The summed E-state index contributed by atoms with van der Waals surface area (Å²) in [5.74, 6) is -2.22. The number of halogens is 1. The zero-order chi connectivity index (χ0) is 16.0. The molecule has 0 saturated carbocycles. The van der Waals surface area contributed by atoms with Gasteiger partial charge in [-0.1, -0.05) is 13.8 Å². The van der Waals surface area contributed by atoms with Crippen LogP contribution in [-0.2, 0) is 4.74 Å². The summed E-state index contributed by atoms with van der Waals surface area (Å²) in [4.78, 5) is 20.9. The minimum Gasteiger partial charge on any atom is -0.478 e. The van der Waals surface area contributed by atoms with E-state index in [9.17, 15) is 19.3 Å². The molecule has 0 heterocycles. The van der Waals surface area contributed by atoms with Gasteiger partial charge >= 0.3 is 5.97 Å². The van der Waals surface area contributed by atoms with E-state index in [-0.39, 0.29) is 12.2 Å². The van der Waals surface area contributed by atoms with Crippen molar-refractivity contribution in [3.05, 3.63) is 33.6 Å². The van der Waals surface area contributed by atoms with E-state index >= 15 is 0 Å². The Bertz CT molecular complexity index is 534. The maximum atomic E-state index is 13.6. The van der Waals surface area contributed by atoms with Crippen LogP contribution in [0.2, 0.25) is 0 Å². The number of rotatable bonds is 8. The molecule has 7 nitrogen and oxygen atoms in total. The van der Waals surface area contributed by atoms with Crippen LogP contribution in [0.5, 0.6) is 0 Å². The summed E-state index contributed by atoms with van der Waals surface area (Å²) in [6, 6.07) is 1.51. The van der Waals surface area contributed by atoms with E-state index in [0.29, 0.717) is 25.2 Å². The quantitative estimate of drug-likeness (QED) is 0.434. The lowest BCUT2D eigenvalue weighted by atomic mass is 10.1.